The molecule has 2 heterocycles. The van der Waals surface area contributed by atoms with Gasteiger partial charge in [0.15, 0.2) is 6.17 Å². The molecular formula is C10H12FIN2O5. The molecule has 0 saturated carbocycles. The molecule has 9 heteroatoms. The van der Waals surface area contributed by atoms with Crippen molar-refractivity contribution in [3.63, 3.8) is 0 Å². The van der Waals surface area contributed by atoms with Crippen molar-refractivity contribution < 1.29 is 19.3 Å². The SMILES string of the molecule is O=c1[nH]c(=O)n(C2COC(CO)C(O)C2F)cc1I. The fourth-order valence-electron chi connectivity index (χ4n) is 1.95. The molecule has 2 rings (SSSR count). The number of halogens is 2. The number of rotatable bonds is 2. The second-order valence-corrected chi connectivity index (χ2v) is 5.36. The van der Waals surface area contributed by atoms with Crippen LogP contribution in [-0.2, 0) is 4.74 Å². The lowest BCUT2D eigenvalue weighted by Crippen LogP contribution is -2.52. The Bertz CT molecular complexity index is 574. The van der Waals surface area contributed by atoms with Crippen LogP contribution in [0, 0.1) is 3.57 Å². The van der Waals surface area contributed by atoms with Gasteiger partial charge >= 0.3 is 5.69 Å². The highest BCUT2D eigenvalue weighted by molar-refractivity contribution is 14.1. The van der Waals surface area contributed by atoms with Crippen LogP contribution in [0.15, 0.2) is 15.8 Å². The standard InChI is InChI=1S/C10H12FIN2O5/c11-7-5(3-19-6(2-15)8(7)16)14-1-4(12)9(17)13-10(14)18/h1,5-8,15-16H,2-3H2,(H,13,17,18). The summed E-state index contributed by atoms with van der Waals surface area (Å²) in [5.41, 5.74) is -1.32. The number of alkyl halides is 1. The third kappa shape index (κ3) is 2.73. The minimum Gasteiger partial charge on any atom is -0.394 e. The van der Waals surface area contributed by atoms with Crippen LogP contribution in [0.5, 0.6) is 0 Å². The second-order valence-electron chi connectivity index (χ2n) is 4.20. The molecule has 0 bridgehead atoms. The summed E-state index contributed by atoms with van der Waals surface area (Å²) in [5.74, 6) is 0. The molecule has 0 radical (unpaired) electrons. The first-order chi connectivity index (χ1) is 8.95. The molecule has 0 aliphatic carbocycles. The van der Waals surface area contributed by atoms with E-state index < -0.39 is 42.3 Å². The summed E-state index contributed by atoms with van der Waals surface area (Å²) in [4.78, 5) is 24.9. The zero-order valence-electron chi connectivity index (χ0n) is 9.62. The normalized spacial score (nSPS) is 31.4. The molecule has 1 aromatic rings. The zero-order chi connectivity index (χ0) is 14.2. The number of nitrogens with zero attached hydrogens (tertiary/aromatic N) is 1. The van der Waals surface area contributed by atoms with Crippen molar-refractivity contribution >= 4 is 22.6 Å². The van der Waals surface area contributed by atoms with E-state index in [2.05, 4.69) is 4.98 Å². The number of hydrogen-bond donors (Lipinski definition) is 3. The van der Waals surface area contributed by atoms with Crippen molar-refractivity contribution in [1.29, 1.82) is 0 Å². The summed E-state index contributed by atoms with van der Waals surface area (Å²) in [7, 11) is 0. The van der Waals surface area contributed by atoms with Crippen LogP contribution in [0.2, 0.25) is 0 Å². The number of H-pyrrole nitrogens is 1. The molecule has 1 aliphatic rings. The lowest BCUT2D eigenvalue weighted by Gasteiger charge is -2.36. The van der Waals surface area contributed by atoms with E-state index in [1.807, 2.05) is 0 Å². The average Bonchev–Trinajstić information content (AvgIpc) is 2.37. The van der Waals surface area contributed by atoms with E-state index in [9.17, 15) is 19.1 Å². The van der Waals surface area contributed by atoms with Gasteiger partial charge in [0.1, 0.15) is 12.2 Å². The van der Waals surface area contributed by atoms with Gasteiger partial charge in [-0.25, -0.2) is 9.18 Å². The smallest absolute Gasteiger partial charge is 0.328 e. The molecule has 3 N–H and O–H groups in total. The number of aromatic amines is 1. The molecule has 1 aliphatic heterocycles. The lowest BCUT2D eigenvalue weighted by molar-refractivity contribution is -0.149. The average molecular weight is 386 g/mol. The van der Waals surface area contributed by atoms with Gasteiger partial charge in [0, 0.05) is 6.20 Å². The molecule has 0 spiro atoms. The summed E-state index contributed by atoms with van der Waals surface area (Å²) in [5, 5.41) is 18.5. The Morgan fingerprint density at radius 2 is 2.26 bits per heavy atom. The largest absolute Gasteiger partial charge is 0.394 e. The number of aromatic nitrogens is 2. The molecule has 1 fully saturated rings. The topological polar surface area (TPSA) is 105 Å². The highest BCUT2D eigenvalue weighted by Gasteiger charge is 2.40. The van der Waals surface area contributed by atoms with Gasteiger partial charge in [-0.05, 0) is 22.6 Å². The minimum atomic E-state index is -1.77. The molecule has 4 atom stereocenters. The Morgan fingerprint density at radius 3 is 2.89 bits per heavy atom. The maximum absolute atomic E-state index is 14.1. The first kappa shape index (κ1) is 14.6. The fourth-order valence-corrected chi connectivity index (χ4v) is 2.38. The Balaban J connectivity index is 2.35. The number of aliphatic hydroxyl groups excluding tert-OH is 2. The summed E-state index contributed by atoms with van der Waals surface area (Å²) >= 11 is 1.72. The summed E-state index contributed by atoms with van der Waals surface area (Å²) in [6.07, 6.45) is -3.09. The quantitative estimate of drug-likeness (QED) is 0.553. The van der Waals surface area contributed by atoms with E-state index in [-0.39, 0.29) is 10.2 Å². The zero-order valence-corrected chi connectivity index (χ0v) is 11.8. The fraction of sp³-hybridized carbons (Fsp3) is 0.600. The molecule has 1 aromatic heterocycles. The van der Waals surface area contributed by atoms with Crippen molar-refractivity contribution in [2.45, 2.75) is 24.4 Å². The predicted octanol–water partition coefficient (Wildman–Crippen LogP) is -1.23. The third-order valence-corrected chi connectivity index (χ3v) is 3.79. The first-order valence-electron chi connectivity index (χ1n) is 5.51. The van der Waals surface area contributed by atoms with Crippen molar-refractivity contribution in [2.75, 3.05) is 13.2 Å². The van der Waals surface area contributed by atoms with Gasteiger partial charge in [-0.2, -0.15) is 0 Å². The Kier molecular flexibility index (Phi) is 4.38. The molecular weight excluding hydrogens is 374 g/mol. The van der Waals surface area contributed by atoms with E-state index in [0.29, 0.717) is 0 Å². The molecule has 0 amide bonds. The summed E-state index contributed by atoms with van der Waals surface area (Å²) in [6.45, 7) is -0.683. The van der Waals surface area contributed by atoms with Gasteiger partial charge in [-0.1, -0.05) is 0 Å². The van der Waals surface area contributed by atoms with Crippen LogP contribution in [0.4, 0.5) is 4.39 Å². The monoisotopic (exact) mass is 386 g/mol. The predicted molar refractivity (Wildman–Crippen MR) is 70.8 cm³/mol. The highest BCUT2D eigenvalue weighted by atomic mass is 127. The van der Waals surface area contributed by atoms with E-state index in [1.165, 1.54) is 6.20 Å². The van der Waals surface area contributed by atoms with Gasteiger partial charge in [-0.3, -0.25) is 14.3 Å². The van der Waals surface area contributed by atoms with Crippen LogP contribution in [-0.4, -0.2) is 51.4 Å². The highest BCUT2D eigenvalue weighted by Crippen LogP contribution is 2.26. The van der Waals surface area contributed by atoms with E-state index in [0.717, 1.165) is 4.57 Å². The Morgan fingerprint density at radius 1 is 1.58 bits per heavy atom. The molecule has 4 unspecified atom stereocenters. The van der Waals surface area contributed by atoms with Crippen LogP contribution < -0.4 is 11.2 Å². The summed E-state index contributed by atoms with van der Waals surface area (Å²) in [6, 6.07) is -1.05. The van der Waals surface area contributed by atoms with Crippen molar-refractivity contribution in [3.8, 4) is 0 Å². The van der Waals surface area contributed by atoms with Crippen LogP contribution in [0.1, 0.15) is 6.04 Å². The second kappa shape index (κ2) is 5.69. The van der Waals surface area contributed by atoms with Crippen LogP contribution >= 0.6 is 22.6 Å². The van der Waals surface area contributed by atoms with E-state index in [4.69, 9.17) is 9.84 Å². The van der Waals surface area contributed by atoms with Gasteiger partial charge < -0.3 is 14.9 Å². The maximum Gasteiger partial charge on any atom is 0.328 e. The van der Waals surface area contributed by atoms with E-state index >= 15 is 0 Å². The summed E-state index contributed by atoms with van der Waals surface area (Å²) < 4.78 is 20.4. The molecule has 106 valence electrons. The molecule has 1 saturated heterocycles. The first-order valence-corrected chi connectivity index (χ1v) is 6.59. The number of hydrogen-bond acceptors (Lipinski definition) is 5. The Hall–Kier alpha value is -0.780. The number of ether oxygens (including phenoxy) is 1. The van der Waals surface area contributed by atoms with Crippen LogP contribution in [0.3, 0.4) is 0 Å². The maximum atomic E-state index is 14.1. The van der Waals surface area contributed by atoms with Gasteiger partial charge in [0.2, 0.25) is 0 Å². The number of aliphatic hydroxyl groups is 2. The minimum absolute atomic E-state index is 0.175. The molecule has 7 nitrogen and oxygen atoms in total. The molecule has 19 heavy (non-hydrogen) atoms. The molecule has 0 aromatic carbocycles. The van der Waals surface area contributed by atoms with Gasteiger partial charge in [0.25, 0.3) is 5.56 Å². The van der Waals surface area contributed by atoms with Gasteiger partial charge in [-0.15, -0.1) is 0 Å². The Labute approximate surface area is 120 Å². The number of nitrogens with one attached hydrogen (secondary N) is 1. The van der Waals surface area contributed by atoms with Crippen molar-refractivity contribution in [1.82, 2.24) is 9.55 Å². The van der Waals surface area contributed by atoms with Crippen molar-refractivity contribution in [3.05, 3.63) is 30.6 Å². The van der Waals surface area contributed by atoms with Crippen molar-refractivity contribution in [2.24, 2.45) is 0 Å². The van der Waals surface area contributed by atoms with E-state index in [1.54, 1.807) is 22.6 Å². The lowest BCUT2D eigenvalue weighted by atomic mass is 9.99. The third-order valence-electron chi connectivity index (χ3n) is 3.02. The van der Waals surface area contributed by atoms with Crippen LogP contribution in [0.25, 0.3) is 0 Å². The van der Waals surface area contributed by atoms with Gasteiger partial charge in [0.05, 0.1) is 22.8 Å².